The van der Waals surface area contributed by atoms with Crippen LogP contribution >= 0.6 is 0 Å². The van der Waals surface area contributed by atoms with Gasteiger partial charge in [0.15, 0.2) is 6.10 Å². The minimum absolute atomic E-state index is 0.0838. The smallest absolute Gasteiger partial charge is 0.306 e. The third-order valence-corrected chi connectivity index (χ3v) is 15.0. The lowest BCUT2D eigenvalue weighted by molar-refractivity contribution is -0.167. The van der Waals surface area contributed by atoms with Gasteiger partial charge in [-0.2, -0.15) is 0 Å². The average molecular weight is 1150 g/mol. The van der Waals surface area contributed by atoms with E-state index in [-0.39, 0.29) is 31.1 Å². The van der Waals surface area contributed by atoms with Gasteiger partial charge in [0.1, 0.15) is 13.2 Å². The molecule has 6 nitrogen and oxygen atoms in total. The standard InChI is InChI=1S/C77H130O6/c1-4-7-10-13-16-19-22-25-27-29-31-33-34-35-36-37-38-39-40-41-42-44-45-47-49-52-55-58-61-64-67-70-76(79)82-73-74(72-81-75(78)69-66-63-60-57-54-51-24-21-18-15-12-9-6-3)83-77(80)71-68-65-62-59-56-53-50-48-46-43-32-30-28-26-23-20-17-14-11-8-5-2/h7-8,10-11,16-17,19-20,25-28,31-33,35-36,43,48,50,74H,4-6,9,12-15,18,21-24,29-30,34,37-42,44-47,49,51-73H2,1-3H3/b10-7-,11-8-,19-16-,20-17-,27-25-,28-26-,33-31-,36-35-,43-32-,50-48-. The molecule has 0 aliphatic rings. The third kappa shape index (κ3) is 68.5. The number of hydrogen-bond donors (Lipinski definition) is 0. The van der Waals surface area contributed by atoms with E-state index in [2.05, 4.69) is 142 Å². The number of rotatable bonds is 63. The van der Waals surface area contributed by atoms with Crippen LogP contribution in [0, 0.1) is 0 Å². The molecule has 0 heterocycles. The van der Waals surface area contributed by atoms with E-state index in [9.17, 15) is 14.4 Å². The summed E-state index contributed by atoms with van der Waals surface area (Å²) in [7, 11) is 0. The second-order valence-electron chi connectivity index (χ2n) is 23.0. The number of allylic oxidation sites excluding steroid dienone is 20. The fourth-order valence-corrected chi connectivity index (χ4v) is 9.79. The summed E-state index contributed by atoms with van der Waals surface area (Å²) in [5.74, 6) is -0.891. The summed E-state index contributed by atoms with van der Waals surface area (Å²) in [5.41, 5.74) is 0. The van der Waals surface area contributed by atoms with Crippen LogP contribution in [0.4, 0.5) is 0 Å². The molecule has 1 unspecified atom stereocenters. The van der Waals surface area contributed by atoms with Crippen LogP contribution in [-0.2, 0) is 28.6 Å². The Morgan fingerprint density at radius 2 is 0.470 bits per heavy atom. The maximum absolute atomic E-state index is 12.9. The molecular formula is C77H130O6. The molecule has 1 atom stereocenters. The molecule has 0 radical (unpaired) electrons. The number of ether oxygens (including phenoxy) is 3. The molecule has 0 aromatic carbocycles. The fraction of sp³-hybridized carbons (Fsp3) is 0.701. The zero-order valence-corrected chi connectivity index (χ0v) is 54.4. The number of carbonyl (C=O) groups is 3. The second kappa shape index (κ2) is 70.3. The molecule has 0 saturated carbocycles. The lowest BCUT2D eigenvalue weighted by atomic mass is 10.0. The first-order valence-electron chi connectivity index (χ1n) is 35.0. The maximum atomic E-state index is 12.9. The van der Waals surface area contributed by atoms with E-state index in [4.69, 9.17) is 14.2 Å². The van der Waals surface area contributed by atoms with Crippen LogP contribution in [0.3, 0.4) is 0 Å². The zero-order chi connectivity index (χ0) is 59.9. The molecule has 6 heteroatoms. The highest BCUT2D eigenvalue weighted by atomic mass is 16.6. The van der Waals surface area contributed by atoms with E-state index >= 15 is 0 Å². The molecule has 0 rings (SSSR count). The third-order valence-electron chi connectivity index (χ3n) is 15.0. The van der Waals surface area contributed by atoms with E-state index in [1.54, 1.807) is 0 Å². The van der Waals surface area contributed by atoms with Crippen LogP contribution in [0.2, 0.25) is 0 Å². The van der Waals surface area contributed by atoms with E-state index in [0.29, 0.717) is 19.3 Å². The van der Waals surface area contributed by atoms with Crippen molar-refractivity contribution in [3.8, 4) is 0 Å². The van der Waals surface area contributed by atoms with E-state index < -0.39 is 6.10 Å². The first-order valence-corrected chi connectivity index (χ1v) is 35.0. The van der Waals surface area contributed by atoms with Crippen molar-refractivity contribution in [3.63, 3.8) is 0 Å². The SMILES string of the molecule is CC/C=C\C/C=C\C/C=C\C/C=C\C/C=C\CCCCCCCCCCCCCCCCCC(=O)OCC(COC(=O)CCCCCCCCCCCCCCC)OC(=O)CCCCCCC/C=C\C/C=C\C/C=C\C/C=C\C/C=C\CC. The molecule has 0 amide bonds. The van der Waals surface area contributed by atoms with Crippen molar-refractivity contribution in [2.24, 2.45) is 0 Å². The number of esters is 3. The summed E-state index contributed by atoms with van der Waals surface area (Å²) in [5, 5.41) is 0. The highest BCUT2D eigenvalue weighted by Gasteiger charge is 2.19. The van der Waals surface area contributed by atoms with Gasteiger partial charge in [0, 0.05) is 19.3 Å². The van der Waals surface area contributed by atoms with Gasteiger partial charge < -0.3 is 14.2 Å². The molecule has 0 fully saturated rings. The summed E-state index contributed by atoms with van der Waals surface area (Å²) >= 11 is 0. The Kier molecular flexibility index (Phi) is 66.7. The fourth-order valence-electron chi connectivity index (χ4n) is 9.79. The van der Waals surface area contributed by atoms with Crippen molar-refractivity contribution >= 4 is 17.9 Å². The van der Waals surface area contributed by atoms with Crippen molar-refractivity contribution in [1.29, 1.82) is 0 Å². The van der Waals surface area contributed by atoms with E-state index in [0.717, 1.165) is 141 Å². The molecule has 0 aromatic rings. The van der Waals surface area contributed by atoms with Crippen molar-refractivity contribution in [1.82, 2.24) is 0 Å². The van der Waals surface area contributed by atoms with Gasteiger partial charge in [-0.1, -0.05) is 322 Å². The molecule has 0 aromatic heterocycles. The Hall–Kier alpha value is -4.19. The predicted molar refractivity (Wildman–Crippen MR) is 362 cm³/mol. The van der Waals surface area contributed by atoms with Crippen molar-refractivity contribution in [3.05, 3.63) is 122 Å². The first kappa shape index (κ1) is 78.8. The number of hydrogen-bond acceptors (Lipinski definition) is 6. The minimum Gasteiger partial charge on any atom is -0.462 e. The lowest BCUT2D eigenvalue weighted by Gasteiger charge is -2.18. The molecule has 0 aliphatic carbocycles. The van der Waals surface area contributed by atoms with Gasteiger partial charge in [-0.05, 0) is 109 Å². The van der Waals surface area contributed by atoms with Gasteiger partial charge in [-0.25, -0.2) is 0 Å². The molecule has 0 spiro atoms. The normalized spacial score (nSPS) is 12.9. The predicted octanol–water partition coefficient (Wildman–Crippen LogP) is 24.3. The molecular weight excluding hydrogens is 1020 g/mol. The lowest BCUT2D eigenvalue weighted by Crippen LogP contribution is -2.30. The van der Waals surface area contributed by atoms with E-state index in [1.807, 2.05) is 0 Å². The molecule has 83 heavy (non-hydrogen) atoms. The van der Waals surface area contributed by atoms with Gasteiger partial charge >= 0.3 is 17.9 Å². The largest absolute Gasteiger partial charge is 0.462 e. The Balaban J connectivity index is 4.27. The second-order valence-corrected chi connectivity index (χ2v) is 23.0. The number of carbonyl (C=O) groups excluding carboxylic acids is 3. The molecule has 474 valence electrons. The summed E-state index contributed by atoms with van der Waals surface area (Å²) in [4.78, 5) is 38.4. The monoisotopic (exact) mass is 1150 g/mol. The van der Waals surface area contributed by atoms with Gasteiger partial charge in [0.05, 0.1) is 0 Å². The van der Waals surface area contributed by atoms with Gasteiger partial charge in [0.2, 0.25) is 0 Å². The maximum Gasteiger partial charge on any atom is 0.306 e. The Morgan fingerprint density at radius 1 is 0.253 bits per heavy atom. The van der Waals surface area contributed by atoms with Crippen LogP contribution in [0.15, 0.2) is 122 Å². The topological polar surface area (TPSA) is 78.9 Å². The summed E-state index contributed by atoms with van der Waals surface area (Å²) in [6.07, 6.45) is 97.9. The Bertz CT molecular complexity index is 1700. The van der Waals surface area contributed by atoms with Crippen molar-refractivity contribution in [2.75, 3.05) is 13.2 Å². The average Bonchev–Trinajstić information content (AvgIpc) is 3.49. The van der Waals surface area contributed by atoms with Crippen LogP contribution in [0.25, 0.3) is 0 Å². The van der Waals surface area contributed by atoms with Crippen molar-refractivity contribution in [2.45, 2.75) is 335 Å². The molecule has 0 bridgehead atoms. The molecule has 0 saturated heterocycles. The summed E-state index contributed by atoms with van der Waals surface area (Å²) < 4.78 is 17.0. The Labute approximate surface area is 513 Å². The minimum atomic E-state index is -0.790. The summed E-state index contributed by atoms with van der Waals surface area (Å²) in [6, 6.07) is 0. The molecule has 0 aliphatic heterocycles. The number of unbranched alkanes of at least 4 members (excludes halogenated alkanes) is 32. The van der Waals surface area contributed by atoms with Crippen LogP contribution in [0.1, 0.15) is 329 Å². The summed E-state index contributed by atoms with van der Waals surface area (Å²) in [6.45, 7) is 6.43. The first-order chi connectivity index (χ1) is 41.0. The van der Waals surface area contributed by atoms with Gasteiger partial charge in [-0.3, -0.25) is 14.4 Å². The van der Waals surface area contributed by atoms with Crippen LogP contribution < -0.4 is 0 Å². The van der Waals surface area contributed by atoms with Crippen LogP contribution in [-0.4, -0.2) is 37.2 Å². The quantitative estimate of drug-likeness (QED) is 0.0261. The van der Waals surface area contributed by atoms with Crippen LogP contribution in [0.5, 0.6) is 0 Å². The van der Waals surface area contributed by atoms with Gasteiger partial charge in [-0.15, -0.1) is 0 Å². The molecule has 0 N–H and O–H groups in total. The van der Waals surface area contributed by atoms with Gasteiger partial charge in [0.25, 0.3) is 0 Å². The Morgan fingerprint density at radius 3 is 0.735 bits per heavy atom. The van der Waals surface area contributed by atoms with E-state index in [1.165, 1.54) is 148 Å². The van der Waals surface area contributed by atoms with Crippen molar-refractivity contribution < 1.29 is 28.6 Å². The highest BCUT2D eigenvalue weighted by Crippen LogP contribution is 2.17. The highest BCUT2D eigenvalue weighted by molar-refractivity contribution is 5.71. The zero-order valence-electron chi connectivity index (χ0n) is 54.4.